The second-order valence-electron chi connectivity index (χ2n) is 1.94. The van der Waals surface area contributed by atoms with Crippen molar-refractivity contribution in [3.8, 4) is 0 Å². The minimum atomic E-state index is -0.583. The number of nitrogens with zero attached hydrogens (tertiary/aromatic N) is 2. The van der Waals surface area contributed by atoms with Crippen molar-refractivity contribution < 1.29 is 4.79 Å². The fraction of sp³-hybridized carbons (Fsp3) is 0.400. The number of hydrogen-bond acceptors (Lipinski definition) is 5. The van der Waals surface area contributed by atoms with Crippen LogP contribution in [0.3, 0.4) is 0 Å². The van der Waals surface area contributed by atoms with Crippen LogP contribution < -0.4 is 11.1 Å². The van der Waals surface area contributed by atoms with Gasteiger partial charge in [0, 0.05) is 12.4 Å². The van der Waals surface area contributed by atoms with Crippen molar-refractivity contribution in [2.24, 2.45) is 5.73 Å². The molecular weight excluding hydrogens is 200 g/mol. The standard InChI is InChI=1S/C5H7ClN4OS/c6-1-2-8-5-3(4(7)11)9-12-10-5/h1-2H2,(H2,7,11)(H,8,10). The second kappa shape index (κ2) is 4.22. The molecule has 3 N–H and O–H groups in total. The van der Waals surface area contributed by atoms with Crippen LogP contribution >= 0.6 is 23.3 Å². The van der Waals surface area contributed by atoms with E-state index in [4.69, 9.17) is 17.3 Å². The molecule has 0 unspecified atom stereocenters. The number of rotatable bonds is 4. The summed E-state index contributed by atoms with van der Waals surface area (Å²) in [6.07, 6.45) is 0. The highest BCUT2D eigenvalue weighted by Crippen LogP contribution is 2.10. The summed E-state index contributed by atoms with van der Waals surface area (Å²) in [6, 6.07) is 0. The van der Waals surface area contributed by atoms with Crippen LogP contribution in [0.1, 0.15) is 10.5 Å². The summed E-state index contributed by atoms with van der Waals surface area (Å²) < 4.78 is 7.55. The predicted octanol–water partition coefficient (Wildman–Crippen LogP) is 0.288. The van der Waals surface area contributed by atoms with Crippen LogP contribution in [-0.2, 0) is 0 Å². The quantitative estimate of drug-likeness (QED) is 0.694. The molecule has 0 aliphatic carbocycles. The zero-order valence-electron chi connectivity index (χ0n) is 6.08. The van der Waals surface area contributed by atoms with Gasteiger partial charge < -0.3 is 11.1 Å². The molecule has 0 saturated carbocycles. The number of nitrogens with one attached hydrogen (secondary N) is 1. The van der Waals surface area contributed by atoms with Crippen LogP contribution in [0.5, 0.6) is 0 Å². The van der Waals surface area contributed by atoms with Gasteiger partial charge >= 0.3 is 0 Å². The molecule has 0 fully saturated rings. The van der Waals surface area contributed by atoms with Gasteiger partial charge in [0.15, 0.2) is 11.5 Å². The third-order valence-corrected chi connectivity index (χ3v) is 1.83. The lowest BCUT2D eigenvalue weighted by molar-refractivity contribution is 0.0997. The van der Waals surface area contributed by atoms with Crippen LogP contribution in [0.25, 0.3) is 0 Å². The number of primary amides is 1. The van der Waals surface area contributed by atoms with Gasteiger partial charge in [-0.1, -0.05) is 0 Å². The normalized spacial score (nSPS) is 9.75. The van der Waals surface area contributed by atoms with Crippen molar-refractivity contribution in [2.75, 3.05) is 17.7 Å². The molecule has 0 bridgehead atoms. The zero-order valence-corrected chi connectivity index (χ0v) is 7.65. The van der Waals surface area contributed by atoms with Crippen molar-refractivity contribution in [3.05, 3.63) is 5.69 Å². The fourth-order valence-corrected chi connectivity index (χ4v) is 1.26. The number of nitrogens with two attached hydrogens (primary N) is 1. The Balaban J connectivity index is 2.70. The van der Waals surface area contributed by atoms with Gasteiger partial charge in [-0.15, -0.1) is 11.6 Å². The van der Waals surface area contributed by atoms with E-state index in [0.29, 0.717) is 18.2 Å². The molecule has 1 rings (SSSR count). The lowest BCUT2D eigenvalue weighted by Gasteiger charge is -1.98. The number of aromatic nitrogens is 2. The van der Waals surface area contributed by atoms with Crippen molar-refractivity contribution in [1.82, 2.24) is 8.75 Å². The van der Waals surface area contributed by atoms with Gasteiger partial charge in [0.05, 0.1) is 11.7 Å². The molecule has 0 saturated heterocycles. The van der Waals surface area contributed by atoms with E-state index in [0.717, 1.165) is 11.7 Å². The summed E-state index contributed by atoms with van der Waals surface area (Å²) in [7, 11) is 0. The summed E-state index contributed by atoms with van der Waals surface area (Å²) in [5.74, 6) is 0.268. The van der Waals surface area contributed by atoms with Gasteiger partial charge in [-0.25, -0.2) is 0 Å². The molecule has 0 aliphatic rings. The summed E-state index contributed by atoms with van der Waals surface area (Å²) >= 11 is 6.37. The molecule has 1 aromatic rings. The van der Waals surface area contributed by atoms with E-state index >= 15 is 0 Å². The predicted molar refractivity (Wildman–Crippen MR) is 47.6 cm³/mol. The highest BCUT2D eigenvalue weighted by molar-refractivity contribution is 6.99. The Hall–Kier alpha value is -0.880. The maximum Gasteiger partial charge on any atom is 0.272 e. The first-order valence-corrected chi connectivity index (χ1v) is 4.44. The maximum absolute atomic E-state index is 10.7. The molecule has 1 aromatic heterocycles. The third kappa shape index (κ3) is 2.05. The van der Waals surface area contributed by atoms with E-state index in [-0.39, 0.29) is 5.69 Å². The number of hydrogen-bond donors (Lipinski definition) is 2. The number of anilines is 1. The number of amides is 1. The van der Waals surface area contributed by atoms with Gasteiger partial charge in [-0.2, -0.15) is 8.75 Å². The average molecular weight is 207 g/mol. The summed E-state index contributed by atoms with van der Waals surface area (Å²) in [4.78, 5) is 10.7. The molecule has 5 nitrogen and oxygen atoms in total. The SMILES string of the molecule is NC(=O)c1nsnc1NCCCl. The monoisotopic (exact) mass is 206 g/mol. The lowest BCUT2D eigenvalue weighted by Crippen LogP contribution is -2.15. The van der Waals surface area contributed by atoms with E-state index in [1.54, 1.807) is 0 Å². The molecule has 0 radical (unpaired) electrons. The molecule has 12 heavy (non-hydrogen) atoms. The highest BCUT2D eigenvalue weighted by atomic mass is 35.5. The van der Waals surface area contributed by atoms with E-state index in [9.17, 15) is 4.79 Å². The Morgan fingerprint density at radius 1 is 1.67 bits per heavy atom. The Morgan fingerprint density at radius 3 is 3.00 bits per heavy atom. The summed E-state index contributed by atoms with van der Waals surface area (Å²) in [5, 5.41) is 2.83. The highest BCUT2D eigenvalue weighted by Gasteiger charge is 2.11. The van der Waals surface area contributed by atoms with Crippen LogP contribution in [-0.4, -0.2) is 27.1 Å². The molecule has 1 amide bonds. The van der Waals surface area contributed by atoms with Gasteiger partial charge in [-0.3, -0.25) is 4.79 Å². The topological polar surface area (TPSA) is 80.9 Å². The van der Waals surface area contributed by atoms with Crippen LogP contribution in [0.15, 0.2) is 0 Å². The van der Waals surface area contributed by atoms with Crippen molar-refractivity contribution in [3.63, 3.8) is 0 Å². The first-order valence-electron chi connectivity index (χ1n) is 3.18. The Morgan fingerprint density at radius 2 is 2.42 bits per heavy atom. The molecular formula is C5H7ClN4OS. The fourth-order valence-electron chi connectivity index (χ4n) is 0.632. The van der Waals surface area contributed by atoms with Crippen LogP contribution in [0.2, 0.25) is 0 Å². The van der Waals surface area contributed by atoms with Crippen molar-refractivity contribution >= 4 is 35.1 Å². The van der Waals surface area contributed by atoms with E-state index in [1.807, 2.05) is 0 Å². The second-order valence-corrected chi connectivity index (χ2v) is 2.85. The molecule has 0 atom stereocenters. The Labute approximate surface area is 78.2 Å². The number of carbonyl (C=O) groups is 1. The summed E-state index contributed by atoms with van der Waals surface area (Å²) in [5.41, 5.74) is 5.19. The average Bonchev–Trinajstić information content (AvgIpc) is 2.48. The Bertz CT molecular complexity index is 276. The van der Waals surface area contributed by atoms with Gasteiger partial charge in [-0.05, 0) is 0 Å². The molecule has 0 spiro atoms. The minimum Gasteiger partial charge on any atom is -0.366 e. The van der Waals surface area contributed by atoms with Crippen LogP contribution in [0.4, 0.5) is 5.82 Å². The van der Waals surface area contributed by atoms with E-state index in [2.05, 4.69) is 14.1 Å². The van der Waals surface area contributed by atoms with Crippen LogP contribution in [0, 0.1) is 0 Å². The molecule has 1 heterocycles. The zero-order chi connectivity index (χ0) is 8.97. The van der Waals surface area contributed by atoms with Gasteiger partial charge in [0.2, 0.25) is 0 Å². The van der Waals surface area contributed by atoms with E-state index < -0.39 is 5.91 Å². The molecule has 0 aromatic carbocycles. The summed E-state index contributed by atoms with van der Waals surface area (Å²) in [6.45, 7) is 0.535. The molecule has 0 aliphatic heterocycles. The minimum absolute atomic E-state index is 0.171. The third-order valence-electron chi connectivity index (χ3n) is 1.11. The number of halogens is 1. The molecule has 66 valence electrons. The van der Waals surface area contributed by atoms with Crippen molar-refractivity contribution in [1.29, 1.82) is 0 Å². The number of carbonyl (C=O) groups excluding carboxylic acids is 1. The largest absolute Gasteiger partial charge is 0.366 e. The first-order chi connectivity index (χ1) is 5.75. The van der Waals surface area contributed by atoms with Crippen molar-refractivity contribution in [2.45, 2.75) is 0 Å². The maximum atomic E-state index is 10.7. The van der Waals surface area contributed by atoms with Gasteiger partial charge in [0.25, 0.3) is 5.91 Å². The van der Waals surface area contributed by atoms with E-state index in [1.165, 1.54) is 0 Å². The Kier molecular flexibility index (Phi) is 3.24. The lowest BCUT2D eigenvalue weighted by atomic mass is 10.4. The first kappa shape index (κ1) is 9.21. The smallest absolute Gasteiger partial charge is 0.272 e. The number of alkyl halides is 1. The molecule has 7 heteroatoms. The van der Waals surface area contributed by atoms with Gasteiger partial charge in [0.1, 0.15) is 0 Å².